The highest BCUT2D eigenvalue weighted by atomic mass is 16.1. The minimum absolute atomic E-state index is 0.226. The Hall–Kier alpha value is -1.15. The smallest absolute Gasteiger partial charge is 0.166 e. The van der Waals surface area contributed by atoms with Crippen LogP contribution in [0, 0.1) is 11.8 Å². The Morgan fingerprint density at radius 1 is 1.28 bits per heavy atom. The molecule has 0 radical (unpaired) electrons. The number of fused-ring (bicyclic) bond motifs is 1. The van der Waals surface area contributed by atoms with Crippen LogP contribution in [-0.2, 0) is 6.42 Å². The summed E-state index contributed by atoms with van der Waals surface area (Å²) in [7, 11) is 2.19. The van der Waals surface area contributed by atoms with E-state index in [2.05, 4.69) is 18.0 Å². The number of hydrogen-bond acceptors (Lipinski definition) is 2. The molecule has 0 aliphatic heterocycles. The minimum Gasteiger partial charge on any atom is -0.306 e. The van der Waals surface area contributed by atoms with Crippen molar-refractivity contribution in [3.63, 3.8) is 0 Å². The summed E-state index contributed by atoms with van der Waals surface area (Å²) in [6, 6.07) is 8.08. The van der Waals surface area contributed by atoms with Crippen LogP contribution in [0.3, 0.4) is 0 Å². The molecule has 3 rings (SSSR count). The molecule has 0 saturated heterocycles. The van der Waals surface area contributed by atoms with Crippen LogP contribution in [0.5, 0.6) is 0 Å². The maximum atomic E-state index is 12.2. The van der Waals surface area contributed by atoms with E-state index in [-0.39, 0.29) is 5.92 Å². The summed E-state index contributed by atoms with van der Waals surface area (Å²) >= 11 is 0. The average Bonchev–Trinajstić information content (AvgIpc) is 3.12. The second kappa shape index (κ2) is 4.85. The van der Waals surface area contributed by atoms with Gasteiger partial charge in [-0.1, -0.05) is 24.3 Å². The Morgan fingerprint density at radius 3 is 2.78 bits per heavy atom. The van der Waals surface area contributed by atoms with Crippen molar-refractivity contribution in [2.24, 2.45) is 11.8 Å². The largest absolute Gasteiger partial charge is 0.306 e. The third-order valence-electron chi connectivity index (χ3n) is 4.25. The lowest BCUT2D eigenvalue weighted by Gasteiger charge is -2.18. The second-order valence-corrected chi connectivity index (χ2v) is 5.92. The zero-order valence-electron chi connectivity index (χ0n) is 11.1. The minimum atomic E-state index is 0.226. The summed E-state index contributed by atoms with van der Waals surface area (Å²) in [5.74, 6) is 1.53. The van der Waals surface area contributed by atoms with Crippen molar-refractivity contribution in [1.29, 1.82) is 0 Å². The van der Waals surface area contributed by atoms with Gasteiger partial charge in [0.25, 0.3) is 0 Å². The lowest BCUT2D eigenvalue weighted by molar-refractivity contribution is 0.0923. The number of benzene rings is 1. The van der Waals surface area contributed by atoms with Crippen molar-refractivity contribution < 1.29 is 4.79 Å². The van der Waals surface area contributed by atoms with Crippen LogP contribution < -0.4 is 0 Å². The van der Waals surface area contributed by atoms with Gasteiger partial charge in [-0.2, -0.15) is 0 Å². The SMILES string of the molecule is CN(CCC1Cc2ccccc2C1=O)CC1CC1. The normalized spacial score (nSPS) is 22.6. The third kappa shape index (κ3) is 2.49. The maximum Gasteiger partial charge on any atom is 0.166 e. The van der Waals surface area contributed by atoms with E-state index in [1.54, 1.807) is 0 Å². The molecular weight excluding hydrogens is 222 g/mol. The highest BCUT2D eigenvalue weighted by Gasteiger charge is 2.30. The number of ketones is 1. The van der Waals surface area contributed by atoms with Crippen molar-refractivity contribution in [1.82, 2.24) is 4.90 Å². The van der Waals surface area contributed by atoms with Crippen LogP contribution >= 0.6 is 0 Å². The fraction of sp³-hybridized carbons (Fsp3) is 0.562. The first kappa shape index (κ1) is 11.9. The van der Waals surface area contributed by atoms with E-state index >= 15 is 0 Å². The number of rotatable bonds is 5. The molecule has 1 unspecified atom stereocenters. The molecule has 2 nitrogen and oxygen atoms in total. The van der Waals surface area contributed by atoms with Crippen molar-refractivity contribution in [2.45, 2.75) is 25.7 Å². The summed E-state index contributed by atoms with van der Waals surface area (Å²) in [6.07, 6.45) is 4.76. The molecule has 0 N–H and O–H groups in total. The first-order chi connectivity index (χ1) is 8.74. The first-order valence-electron chi connectivity index (χ1n) is 7.04. The number of hydrogen-bond donors (Lipinski definition) is 0. The van der Waals surface area contributed by atoms with Crippen molar-refractivity contribution >= 4 is 5.78 Å². The molecule has 0 bridgehead atoms. The zero-order chi connectivity index (χ0) is 12.5. The Labute approximate surface area is 109 Å². The van der Waals surface area contributed by atoms with Crippen LogP contribution in [0.2, 0.25) is 0 Å². The molecule has 1 aromatic rings. The Kier molecular flexibility index (Phi) is 3.21. The van der Waals surface area contributed by atoms with Gasteiger partial charge >= 0.3 is 0 Å². The third-order valence-corrected chi connectivity index (χ3v) is 4.25. The molecule has 1 aromatic carbocycles. The van der Waals surface area contributed by atoms with Crippen LogP contribution in [0.15, 0.2) is 24.3 Å². The molecule has 1 fully saturated rings. The molecule has 0 spiro atoms. The van der Waals surface area contributed by atoms with E-state index in [9.17, 15) is 4.79 Å². The molecule has 1 atom stereocenters. The van der Waals surface area contributed by atoms with Crippen LogP contribution in [-0.4, -0.2) is 30.8 Å². The second-order valence-electron chi connectivity index (χ2n) is 5.92. The molecular formula is C16H21NO. The molecule has 0 aromatic heterocycles. The average molecular weight is 243 g/mol. The van der Waals surface area contributed by atoms with E-state index in [0.29, 0.717) is 5.78 Å². The lowest BCUT2D eigenvalue weighted by Crippen LogP contribution is -2.25. The van der Waals surface area contributed by atoms with Gasteiger partial charge in [-0.3, -0.25) is 4.79 Å². The molecule has 0 heterocycles. The van der Waals surface area contributed by atoms with Gasteiger partial charge in [0, 0.05) is 18.0 Å². The van der Waals surface area contributed by atoms with Gasteiger partial charge < -0.3 is 4.90 Å². The Bertz CT molecular complexity index is 450. The van der Waals surface area contributed by atoms with Crippen molar-refractivity contribution in [3.05, 3.63) is 35.4 Å². The predicted molar refractivity (Wildman–Crippen MR) is 72.8 cm³/mol. The van der Waals surface area contributed by atoms with Gasteiger partial charge in [0.2, 0.25) is 0 Å². The fourth-order valence-corrected chi connectivity index (χ4v) is 2.96. The molecule has 0 amide bonds. The first-order valence-corrected chi connectivity index (χ1v) is 7.04. The van der Waals surface area contributed by atoms with Gasteiger partial charge in [0.15, 0.2) is 5.78 Å². The summed E-state index contributed by atoms with van der Waals surface area (Å²) in [5, 5.41) is 0. The molecule has 2 heteroatoms. The van der Waals surface area contributed by atoms with E-state index in [1.165, 1.54) is 24.9 Å². The van der Waals surface area contributed by atoms with Crippen molar-refractivity contribution in [2.75, 3.05) is 20.1 Å². The van der Waals surface area contributed by atoms with Crippen LogP contribution in [0.25, 0.3) is 0 Å². The highest BCUT2D eigenvalue weighted by Crippen LogP contribution is 2.31. The van der Waals surface area contributed by atoms with E-state index < -0.39 is 0 Å². The number of Topliss-reactive ketones (excluding diaryl/α,β-unsaturated/α-hetero) is 1. The topological polar surface area (TPSA) is 20.3 Å². The molecule has 2 aliphatic rings. The van der Waals surface area contributed by atoms with Gasteiger partial charge in [-0.15, -0.1) is 0 Å². The maximum absolute atomic E-state index is 12.2. The fourth-order valence-electron chi connectivity index (χ4n) is 2.96. The summed E-state index contributed by atoms with van der Waals surface area (Å²) in [6.45, 7) is 2.27. The quantitative estimate of drug-likeness (QED) is 0.792. The van der Waals surface area contributed by atoms with E-state index in [0.717, 1.165) is 30.9 Å². The number of carbonyl (C=O) groups excluding carboxylic acids is 1. The number of nitrogens with zero attached hydrogens (tertiary/aromatic N) is 1. The van der Waals surface area contributed by atoms with Crippen LogP contribution in [0.1, 0.15) is 35.2 Å². The lowest BCUT2D eigenvalue weighted by atomic mass is 10.0. The van der Waals surface area contributed by atoms with Gasteiger partial charge in [0.1, 0.15) is 0 Å². The summed E-state index contributed by atoms with van der Waals surface area (Å²) in [5.41, 5.74) is 2.21. The molecule has 1 saturated carbocycles. The van der Waals surface area contributed by atoms with Gasteiger partial charge in [0.05, 0.1) is 0 Å². The highest BCUT2D eigenvalue weighted by molar-refractivity contribution is 6.02. The van der Waals surface area contributed by atoms with Crippen LogP contribution in [0.4, 0.5) is 0 Å². The monoisotopic (exact) mass is 243 g/mol. The molecule has 18 heavy (non-hydrogen) atoms. The predicted octanol–water partition coefficient (Wildman–Crippen LogP) is 2.77. The molecule has 2 aliphatic carbocycles. The summed E-state index contributed by atoms with van der Waals surface area (Å²) < 4.78 is 0. The Balaban J connectivity index is 1.54. The Morgan fingerprint density at radius 2 is 2.06 bits per heavy atom. The van der Waals surface area contributed by atoms with Gasteiger partial charge in [-0.25, -0.2) is 0 Å². The van der Waals surface area contributed by atoms with Crippen molar-refractivity contribution in [3.8, 4) is 0 Å². The van der Waals surface area contributed by atoms with Gasteiger partial charge in [-0.05, 0) is 50.8 Å². The standard InChI is InChI=1S/C16H21NO/c1-17(11-12-6-7-12)9-8-14-10-13-4-2-3-5-15(13)16(14)18/h2-5,12,14H,6-11H2,1H3. The zero-order valence-corrected chi connectivity index (χ0v) is 11.1. The summed E-state index contributed by atoms with van der Waals surface area (Å²) in [4.78, 5) is 14.6. The molecule has 96 valence electrons. The number of carbonyl (C=O) groups is 1. The van der Waals surface area contributed by atoms with E-state index in [4.69, 9.17) is 0 Å². The van der Waals surface area contributed by atoms with E-state index in [1.807, 2.05) is 18.2 Å².